The Morgan fingerprint density at radius 1 is 1.07 bits per heavy atom. The van der Waals surface area contributed by atoms with Crippen LogP contribution in [0.25, 0.3) is 0 Å². The quantitative estimate of drug-likeness (QED) is 0.258. The van der Waals surface area contributed by atoms with E-state index in [-0.39, 0.29) is 29.8 Å². The topological polar surface area (TPSA) is 153 Å². The molecule has 4 aliphatic rings. The summed E-state index contributed by atoms with van der Waals surface area (Å²) in [7, 11) is 1.28. The van der Waals surface area contributed by atoms with Crippen molar-refractivity contribution in [3.8, 4) is 11.5 Å². The Morgan fingerprint density at radius 2 is 1.79 bits per heavy atom. The maximum Gasteiger partial charge on any atom is 0.339 e. The highest BCUT2D eigenvalue weighted by Crippen LogP contribution is 2.66. The minimum absolute atomic E-state index is 0.00490. The third-order valence-electron chi connectivity index (χ3n) is 9.31. The summed E-state index contributed by atoms with van der Waals surface area (Å²) in [6, 6.07) is 8.38. The van der Waals surface area contributed by atoms with Gasteiger partial charge < -0.3 is 15.3 Å². The third-order valence-corrected chi connectivity index (χ3v) is 10.7. The van der Waals surface area contributed by atoms with Crippen LogP contribution in [-0.4, -0.2) is 66.6 Å². The first-order valence-corrected chi connectivity index (χ1v) is 14.3. The van der Waals surface area contributed by atoms with Gasteiger partial charge in [-0.1, -0.05) is 35.9 Å². The van der Waals surface area contributed by atoms with Crippen molar-refractivity contribution in [2.75, 3.05) is 11.9 Å². The number of imide groups is 2. The fraction of sp³-hybridized carbons (Fsp3) is 0.323. The van der Waals surface area contributed by atoms with E-state index in [0.29, 0.717) is 17.6 Å². The van der Waals surface area contributed by atoms with E-state index < -0.39 is 74.3 Å². The number of para-hydroxylation sites is 1. The van der Waals surface area contributed by atoms with E-state index in [1.54, 1.807) is 30.4 Å². The SMILES string of the molecule is C=CCc1cccc(C2C3=CCC4C(=O)N(c5ccc(C(=O)O)c(O)c5)C(=O)C4C3CC3(Cl)C(=O)N(C)C(=O)C23Cl)c1O. The number of alkyl halides is 2. The van der Waals surface area contributed by atoms with Crippen molar-refractivity contribution in [3.05, 3.63) is 77.4 Å². The predicted octanol–water partition coefficient (Wildman–Crippen LogP) is 3.72. The normalized spacial score (nSPS) is 31.5. The average Bonchev–Trinajstić information content (AvgIpc) is 3.29. The van der Waals surface area contributed by atoms with Gasteiger partial charge in [-0.05, 0) is 42.9 Å². The molecular formula is C31H26Cl2N2O8. The number of halogens is 2. The van der Waals surface area contributed by atoms with Crippen LogP contribution in [0.4, 0.5) is 5.69 Å². The first kappa shape index (κ1) is 28.9. The lowest BCUT2D eigenvalue weighted by molar-refractivity contribution is -0.138. The summed E-state index contributed by atoms with van der Waals surface area (Å²) in [6.07, 6.45) is 3.53. The maximum absolute atomic E-state index is 14.1. The number of aromatic carboxylic acids is 1. The number of benzene rings is 2. The van der Waals surface area contributed by atoms with E-state index in [4.69, 9.17) is 23.2 Å². The van der Waals surface area contributed by atoms with Crippen molar-refractivity contribution in [2.45, 2.75) is 34.9 Å². The smallest absolute Gasteiger partial charge is 0.339 e. The first-order valence-electron chi connectivity index (χ1n) is 13.6. The number of likely N-dealkylation sites (tertiary alicyclic amines) is 1. The Kier molecular flexibility index (Phi) is 6.52. The molecule has 222 valence electrons. The van der Waals surface area contributed by atoms with Crippen molar-refractivity contribution < 1.29 is 39.3 Å². The van der Waals surface area contributed by atoms with Gasteiger partial charge in [-0.15, -0.1) is 29.8 Å². The molecule has 12 heteroatoms. The van der Waals surface area contributed by atoms with Crippen LogP contribution in [0, 0.1) is 17.8 Å². The number of nitrogens with zero attached hydrogens (tertiary/aromatic N) is 2. The number of carbonyl (C=O) groups is 5. The van der Waals surface area contributed by atoms with E-state index in [2.05, 4.69) is 6.58 Å². The number of hydrogen-bond donors (Lipinski definition) is 3. The summed E-state index contributed by atoms with van der Waals surface area (Å²) >= 11 is 14.3. The summed E-state index contributed by atoms with van der Waals surface area (Å²) in [4.78, 5) is 64.1. The molecule has 2 saturated heterocycles. The average molecular weight is 625 g/mol. The number of carbonyl (C=O) groups excluding carboxylic acids is 4. The van der Waals surface area contributed by atoms with Crippen LogP contribution in [0.1, 0.15) is 40.2 Å². The van der Waals surface area contributed by atoms with Gasteiger partial charge in [-0.2, -0.15) is 0 Å². The zero-order valence-electron chi connectivity index (χ0n) is 22.8. The minimum Gasteiger partial charge on any atom is -0.507 e. The van der Waals surface area contributed by atoms with Gasteiger partial charge in [0.1, 0.15) is 17.1 Å². The zero-order chi connectivity index (χ0) is 31.2. The standard InChI is InChI=1S/C31H26Cl2N2O8/c1-3-5-14-6-4-7-19(24(14)37)23-16-10-11-18-22(20(16)13-30(32)28(42)34(2)29(43)31(23,30)33)26(39)35(25(18)38)15-8-9-17(27(40)41)21(36)12-15/h3-4,6-10,12,18,20,22-23,36-37H,1,5,11,13H2,2H3,(H,40,41). The van der Waals surface area contributed by atoms with Gasteiger partial charge in [0.05, 0.1) is 17.5 Å². The molecule has 2 aromatic carbocycles. The minimum atomic E-state index is -2.04. The number of phenolic OH excluding ortho intramolecular Hbond substituents is 1. The fourth-order valence-corrected chi connectivity index (χ4v) is 8.36. The lowest BCUT2D eigenvalue weighted by Gasteiger charge is -2.50. The van der Waals surface area contributed by atoms with E-state index in [0.717, 1.165) is 21.9 Å². The largest absolute Gasteiger partial charge is 0.507 e. The van der Waals surface area contributed by atoms with Crippen LogP contribution in [0.2, 0.25) is 0 Å². The second-order valence-electron chi connectivity index (χ2n) is 11.4. The number of aromatic hydroxyl groups is 2. The van der Waals surface area contributed by atoms with Crippen LogP contribution in [0.5, 0.6) is 11.5 Å². The van der Waals surface area contributed by atoms with Crippen molar-refractivity contribution in [2.24, 2.45) is 17.8 Å². The first-order chi connectivity index (χ1) is 20.3. The Balaban J connectivity index is 1.50. The van der Waals surface area contributed by atoms with Gasteiger partial charge in [0.25, 0.3) is 11.8 Å². The Labute approximate surface area is 255 Å². The third kappa shape index (κ3) is 3.69. The second-order valence-corrected chi connectivity index (χ2v) is 12.6. The van der Waals surface area contributed by atoms with Crippen LogP contribution < -0.4 is 4.90 Å². The van der Waals surface area contributed by atoms with E-state index in [9.17, 15) is 39.3 Å². The fourth-order valence-electron chi connectivity index (χ4n) is 7.35. The van der Waals surface area contributed by atoms with E-state index in [1.165, 1.54) is 13.1 Å². The van der Waals surface area contributed by atoms with E-state index >= 15 is 0 Å². The number of carboxylic acid groups (broad SMARTS) is 1. The van der Waals surface area contributed by atoms with Gasteiger partial charge in [-0.25, -0.2) is 9.69 Å². The van der Waals surface area contributed by atoms with Crippen LogP contribution in [-0.2, 0) is 25.6 Å². The van der Waals surface area contributed by atoms with Crippen molar-refractivity contribution in [1.82, 2.24) is 4.90 Å². The highest BCUT2D eigenvalue weighted by Gasteiger charge is 2.76. The summed E-state index contributed by atoms with van der Waals surface area (Å²) in [6.45, 7) is 3.72. The van der Waals surface area contributed by atoms with Crippen LogP contribution >= 0.6 is 23.2 Å². The van der Waals surface area contributed by atoms with Gasteiger partial charge >= 0.3 is 5.97 Å². The number of fused-ring (bicyclic) bond motifs is 4. The van der Waals surface area contributed by atoms with E-state index in [1.807, 2.05) is 0 Å². The van der Waals surface area contributed by atoms with Crippen molar-refractivity contribution >= 4 is 58.5 Å². The monoisotopic (exact) mass is 624 g/mol. The predicted molar refractivity (Wildman–Crippen MR) is 155 cm³/mol. The molecule has 0 bridgehead atoms. The van der Waals surface area contributed by atoms with Crippen molar-refractivity contribution in [1.29, 1.82) is 0 Å². The molecule has 2 aliphatic carbocycles. The molecular weight excluding hydrogens is 599 g/mol. The summed E-state index contributed by atoms with van der Waals surface area (Å²) in [5.74, 6) is -8.58. The zero-order valence-corrected chi connectivity index (χ0v) is 24.3. The molecule has 6 rings (SSSR count). The van der Waals surface area contributed by atoms with Crippen LogP contribution in [0.15, 0.2) is 60.7 Å². The second kappa shape index (κ2) is 9.68. The number of phenols is 2. The molecule has 0 aromatic heterocycles. The number of amides is 4. The molecule has 2 aromatic rings. The molecule has 0 spiro atoms. The Hall–Kier alpha value is -4.15. The number of carboxylic acids is 1. The molecule has 6 unspecified atom stereocenters. The van der Waals surface area contributed by atoms with Gasteiger partial charge in [0, 0.05) is 24.6 Å². The number of rotatable bonds is 5. The van der Waals surface area contributed by atoms with Crippen molar-refractivity contribution in [3.63, 3.8) is 0 Å². The lowest BCUT2D eigenvalue weighted by atomic mass is 9.56. The highest BCUT2D eigenvalue weighted by atomic mass is 35.5. The summed E-state index contributed by atoms with van der Waals surface area (Å²) < 4.78 is 0. The highest BCUT2D eigenvalue weighted by molar-refractivity contribution is 6.53. The van der Waals surface area contributed by atoms with Gasteiger partial charge in [-0.3, -0.25) is 24.1 Å². The molecule has 4 amide bonds. The van der Waals surface area contributed by atoms with Gasteiger partial charge in [0.15, 0.2) is 9.75 Å². The summed E-state index contributed by atoms with van der Waals surface area (Å²) in [5.41, 5.74) is 0.885. The van der Waals surface area contributed by atoms with Crippen LogP contribution in [0.3, 0.4) is 0 Å². The molecule has 1 saturated carbocycles. The van der Waals surface area contributed by atoms with Gasteiger partial charge in [0.2, 0.25) is 11.8 Å². The molecule has 3 fully saturated rings. The number of allylic oxidation sites excluding steroid dienone is 3. The molecule has 2 heterocycles. The number of hydrogen-bond acceptors (Lipinski definition) is 7. The molecule has 10 nitrogen and oxygen atoms in total. The molecule has 6 atom stereocenters. The molecule has 3 N–H and O–H groups in total. The molecule has 2 aliphatic heterocycles. The Morgan fingerprint density at radius 3 is 2.44 bits per heavy atom. The lowest BCUT2D eigenvalue weighted by Crippen LogP contribution is -2.60. The summed E-state index contributed by atoms with van der Waals surface area (Å²) in [5, 5.41) is 30.9. The molecule has 0 radical (unpaired) electrons. The number of anilines is 1. The maximum atomic E-state index is 14.1. The molecule has 43 heavy (non-hydrogen) atoms. The Bertz CT molecular complexity index is 1700.